The second kappa shape index (κ2) is 19.6. The van der Waals surface area contributed by atoms with Gasteiger partial charge in [-0.05, 0) is 67.5 Å². The van der Waals surface area contributed by atoms with Crippen LogP contribution < -0.4 is 21.3 Å². The van der Waals surface area contributed by atoms with Gasteiger partial charge in [-0.3, -0.25) is 9.59 Å². The summed E-state index contributed by atoms with van der Waals surface area (Å²) in [5.41, 5.74) is 2.59. The first-order valence-electron chi connectivity index (χ1n) is 13.2. The molecule has 1 aromatic rings. The molecule has 4 N–H and O–H groups in total. The van der Waals surface area contributed by atoms with Crippen molar-refractivity contribution in [2.75, 3.05) is 34.4 Å². The van der Waals surface area contributed by atoms with Crippen LogP contribution in [-0.2, 0) is 22.6 Å². The van der Waals surface area contributed by atoms with Crippen LogP contribution in [0.1, 0.15) is 59.9 Å². The van der Waals surface area contributed by atoms with Gasteiger partial charge >= 0.3 is 31.5 Å². The molecule has 6 nitrogen and oxygen atoms in total. The molecule has 1 aliphatic carbocycles. The van der Waals surface area contributed by atoms with Crippen molar-refractivity contribution < 1.29 is 12.4 Å². The smallest absolute Gasteiger partial charge is 0 e. The predicted octanol–water partition coefficient (Wildman–Crippen LogP) is 4.62. The Balaban J connectivity index is 0. The van der Waals surface area contributed by atoms with Crippen LogP contribution in [0.4, 0.5) is 0 Å². The summed E-state index contributed by atoms with van der Waals surface area (Å²) in [5, 5.41) is 12.4. The SMILES string of the molecule is CCNC(=O)[C@@H]1C[C@@H]2CCCC[C@@H]2CN1.CCNC(=O)[C@@H]1Cc2ccccc2CN1.CI.[2HH].[3H]I(C)C.[HH]. The van der Waals surface area contributed by atoms with Crippen molar-refractivity contribution in [2.45, 2.75) is 71.0 Å². The number of fused-ring (bicyclic) bond motifs is 2. The first kappa shape index (κ1) is 30.8. The van der Waals surface area contributed by atoms with Crippen molar-refractivity contribution in [2.24, 2.45) is 11.8 Å². The molecule has 1 saturated carbocycles. The number of rotatable bonds is 4. The van der Waals surface area contributed by atoms with E-state index in [1.807, 2.05) is 40.8 Å². The van der Waals surface area contributed by atoms with Crippen LogP contribution in [0.15, 0.2) is 24.3 Å². The van der Waals surface area contributed by atoms with Crippen molar-refractivity contribution in [3.63, 3.8) is 0 Å². The Bertz CT molecular complexity index is 775. The predicted molar refractivity (Wildman–Crippen MR) is 171 cm³/mol. The molecular weight excluding hydrogens is 666 g/mol. The molecular formula is C27H52I2N4O2. The Kier molecular flexibility index (Phi) is 17.2. The van der Waals surface area contributed by atoms with Crippen molar-refractivity contribution in [3.05, 3.63) is 35.4 Å². The van der Waals surface area contributed by atoms with Gasteiger partial charge < -0.3 is 21.3 Å². The van der Waals surface area contributed by atoms with Crippen LogP contribution >= 0.6 is 43.6 Å². The summed E-state index contributed by atoms with van der Waals surface area (Å²) in [5.74, 6) is 1.94. The summed E-state index contributed by atoms with van der Waals surface area (Å²) in [6, 6.07) is 8.27. The molecule has 2 heterocycles. The van der Waals surface area contributed by atoms with Crippen LogP contribution in [0.5, 0.6) is 0 Å². The minimum atomic E-state index is -1.01. The summed E-state index contributed by atoms with van der Waals surface area (Å²) in [4.78, 5) is 29.3. The first-order valence-corrected chi connectivity index (χ1v) is 19.3. The van der Waals surface area contributed by atoms with E-state index in [9.17, 15) is 9.59 Å². The van der Waals surface area contributed by atoms with Gasteiger partial charge in [0.2, 0.25) is 11.8 Å². The Morgan fingerprint density at radius 1 is 1.03 bits per heavy atom. The van der Waals surface area contributed by atoms with E-state index < -0.39 is 21.0 Å². The average molecular weight is 722 g/mol. The zero-order valence-electron chi connectivity index (χ0n) is 23.3. The molecule has 4 rings (SSSR count). The summed E-state index contributed by atoms with van der Waals surface area (Å²) in [7, 11) is 0. The Morgan fingerprint density at radius 3 is 2.17 bits per heavy atom. The van der Waals surface area contributed by atoms with E-state index in [4.69, 9.17) is 0.594 Å². The second-order valence-corrected chi connectivity index (χ2v) is 11.2. The Labute approximate surface area is 241 Å². The molecule has 4 atom stereocenters. The van der Waals surface area contributed by atoms with Gasteiger partial charge in [-0.15, -0.1) is 0 Å². The quantitative estimate of drug-likeness (QED) is 0.271. The third-order valence-electron chi connectivity index (χ3n) is 6.65. The summed E-state index contributed by atoms with van der Waals surface area (Å²) in [6.45, 7) is 7.19. The number of nitrogens with one attached hydrogen (secondary N) is 4. The average Bonchev–Trinajstić information content (AvgIpc) is 2.89. The maximum Gasteiger partial charge on any atom is 0 e. The Morgan fingerprint density at radius 2 is 1.57 bits per heavy atom. The molecule has 3 aliphatic rings. The van der Waals surface area contributed by atoms with Crippen LogP contribution in [0, 0.1) is 11.8 Å². The maximum atomic E-state index is 11.7. The van der Waals surface area contributed by atoms with Crippen molar-refractivity contribution >= 4 is 55.4 Å². The van der Waals surface area contributed by atoms with E-state index in [1.54, 1.807) is 0 Å². The number of carbonyl (C=O) groups excluding carboxylic acids is 2. The molecule has 2 fully saturated rings. The van der Waals surface area contributed by atoms with Gasteiger partial charge in [0.1, 0.15) is 0 Å². The van der Waals surface area contributed by atoms with Gasteiger partial charge in [0.05, 0.1) is 12.1 Å². The van der Waals surface area contributed by atoms with E-state index in [1.165, 1.54) is 36.8 Å². The molecule has 2 amide bonds. The largest absolute Gasteiger partial charge is 0 e. The van der Waals surface area contributed by atoms with Crippen molar-refractivity contribution in [3.8, 4) is 0 Å². The molecule has 0 bridgehead atoms. The Hall–Kier alpha value is -0.460. The number of alkyl halides is 3. The van der Waals surface area contributed by atoms with Crippen LogP contribution in [-0.4, -0.2) is 58.9 Å². The van der Waals surface area contributed by atoms with E-state index >= 15 is 0 Å². The van der Waals surface area contributed by atoms with Gasteiger partial charge in [0.25, 0.3) is 0 Å². The standard InChI is InChI=1S/C12H22N2O.C12H16N2O.C2H7I.CH3I.2H2/c2*1-2-13-12(15)11-7-9-5-3-4-6-10(9)8-14-11;1-3-2;1-2;;/h9-11,14H,2-8H2,1H3,(H,13,15);3-6,11,14H,2,7-8H2,1H3,(H,13,15);3H,1-2H3;1H3;2*1H/t9-,10+,11-;11-;;;;/m00..../s1/i;;3T;;1+1;. The van der Waals surface area contributed by atoms with Crippen LogP contribution in [0.3, 0.4) is 0 Å². The molecule has 0 spiro atoms. The van der Waals surface area contributed by atoms with E-state index in [0.717, 1.165) is 44.3 Å². The monoisotopic (exact) mass is 721 g/mol. The van der Waals surface area contributed by atoms with E-state index in [0.29, 0.717) is 6.54 Å². The minimum Gasteiger partial charge on any atom is 0 e. The second-order valence-electron chi connectivity index (χ2n) is 9.07. The number of benzene rings is 1. The zero-order valence-corrected chi connectivity index (χ0v) is 26.6. The molecule has 35 heavy (non-hydrogen) atoms. The van der Waals surface area contributed by atoms with E-state index in [2.05, 4.69) is 56.0 Å². The van der Waals surface area contributed by atoms with E-state index in [-0.39, 0.29) is 26.8 Å². The molecule has 1 saturated heterocycles. The first-order chi connectivity index (χ1) is 17.3. The maximum absolute atomic E-state index is 11.7. The van der Waals surface area contributed by atoms with Gasteiger partial charge in [-0.2, -0.15) is 0 Å². The number of hydrogen-bond acceptors (Lipinski definition) is 4. The normalized spacial score (nSPS) is 25.1. The molecule has 8 heteroatoms. The van der Waals surface area contributed by atoms with Gasteiger partial charge in [0.15, 0.2) is 0 Å². The van der Waals surface area contributed by atoms with Gasteiger partial charge in [-0.25, -0.2) is 0 Å². The fourth-order valence-electron chi connectivity index (χ4n) is 4.98. The molecule has 2 aliphatic heterocycles. The third-order valence-corrected chi connectivity index (χ3v) is 6.65. The fraction of sp³-hybridized carbons (Fsp3) is 0.704. The van der Waals surface area contributed by atoms with Crippen molar-refractivity contribution in [1.29, 1.82) is 0.594 Å². The number of piperidine rings is 1. The fourth-order valence-corrected chi connectivity index (χ4v) is 4.98. The minimum absolute atomic E-state index is 0. The molecule has 0 radical (unpaired) electrons. The van der Waals surface area contributed by atoms with Crippen molar-refractivity contribution in [1.82, 2.24) is 21.3 Å². The number of likely N-dealkylation sites (N-methyl/N-ethyl adjacent to an activating group) is 2. The molecule has 0 unspecified atom stereocenters. The van der Waals surface area contributed by atoms with Crippen LogP contribution in [0.25, 0.3) is 0 Å². The third kappa shape index (κ3) is 11.6. The summed E-state index contributed by atoms with van der Waals surface area (Å²) < 4.78 is 6.74. The molecule has 0 aromatic heterocycles. The number of carbonyl (C=O) groups is 2. The molecule has 1 aromatic carbocycles. The number of halogens is 2. The van der Waals surface area contributed by atoms with Gasteiger partial charge in [-0.1, -0.05) is 66.1 Å². The summed E-state index contributed by atoms with van der Waals surface area (Å²) >= 11 is 1.14. The number of hydrogen-bond donors (Lipinski definition) is 4. The topological polar surface area (TPSA) is 82.3 Å². The zero-order chi connectivity index (χ0) is 26.9. The van der Waals surface area contributed by atoms with Gasteiger partial charge in [0, 0.05) is 22.5 Å². The summed E-state index contributed by atoms with van der Waals surface area (Å²) in [6.07, 6.45) is 7.29. The number of amides is 2. The molecule has 206 valence electrons. The van der Waals surface area contributed by atoms with Crippen LogP contribution in [0.2, 0.25) is 0 Å².